The third kappa shape index (κ3) is 6.31. The maximum atomic E-state index is 12.6. The number of pyridine rings is 1. The maximum absolute atomic E-state index is 12.6. The molecule has 1 saturated heterocycles. The number of thiazole rings is 1. The molecule has 0 aromatic carbocycles. The Morgan fingerprint density at radius 2 is 2.09 bits per heavy atom. The number of nitrogens with zero attached hydrogens (tertiary/aromatic N) is 3. The van der Waals surface area contributed by atoms with E-state index >= 15 is 0 Å². The van der Waals surface area contributed by atoms with Crippen molar-refractivity contribution in [3.63, 3.8) is 0 Å². The van der Waals surface area contributed by atoms with Gasteiger partial charge in [-0.3, -0.25) is 9.78 Å². The van der Waals surface area contributed by atoms with Crippen molar-refractivity contribution in [1.29, 1.82) is 0 Å². The number of anilines is 2. The van der Waals surface area contributed by atoms with Gasteiger partial charge in [0.05, 0.1) is 29.7 Å². The lowest BCUT2D eigenvalue weighted by Gasteiger charge is -2.45. The van der Waals surface area contributed by atoms with Crippen molar-refractivity contribution in [2.75, 3.05) is 23.3 Å². The topological polar surface area (TPSA) is 117 Å². The van der Waals surface area contributed by atoms with Gasteiger partial charge in [-0.25, -0.2) is 9.78 Å². The summed E-state index contributed by atoms with van der Waals surface area (Å²) >= 11 is 4.60. The lowest BCUT2D eigenvalue weighted by Crippen LogP contribution is -2.59. The highest BCUT2D eigenvalue weighted by Gasteiger charge is 2.42. The first-order valence-corrected chi connectivity index (χ1v) is 15.2. The molecule has 1 fully saturated rings. The molecule has 33 heavy (non-hydrogen) atoms. The number of piperidine rings is 1. The van der Waals surface area contributed by atoms with E-state index in [0.717, 1.165) is 5.69 Å². The zero-order valence-corrected chi connectivity index (χ0v) is 22.8. The van der Waals surface area contributed by atoms with E-state index in [1.807, 2.05) is 6.07 Å². The van der Waals surface area contributed by atoms with Crippen LogP contribution >= 0.6 is 27.3 Å². The smallest absolute Gasteiger partial charge is 0.405 e. The Morgan fingerprint density at radius 3 is 2.70 bits per heavy atom. The average molecular weight is 557 g/mol. The molecule has 2 atom stereocenters. The Kier molecular flexibility index (Phi) is 7.82. The van der Waals surface area contributed by atoms with Crippen molar-refractivity contribution in [2.45, 2.75) is 57.5 Å². The Morgan fingerprint density at radius 1 is 1.36 bits per heavy atom. The molecule has 0 unspecified atom stereocenters. The quantitative estimate of drug-likeness (QED) is 0.438. The zero-order chi connectivity index (χ0) is 24.4. The minimum absolute atomic E-state index is 0.0190. The van der Waals surface area contributed by atoms with Gasteiger partial charge in [-0.05, 0) is 46.5 Å². The van der Waals surface area contributed by atoms with Crippen LogP contribution in [0.4, 0.5) is 16.2 Å². The van der Waals surface area contributed by atoms with Crippen molar-refractivity contribution >= 4 is 59.0 Å². The lowest BCUT2D eigenvalue weighted by molar-refractivity contribution is 0.102. The molecule has 0 saturated carbocycles. The van der Waals surface area contributed by atoms with Gasteiger partial charge < -0.3 is 25.1 Å². The van der Waals surface area contributed by atoms with Gasteiger partial charge in [0.1, 0.15) is 5.69 Å². The van der Waals surface area contributed by atoms with Crippen LogP contribution < -0.4 is 15.5 Å². The van der Waals surface area contributed by atoms with Gasteiger partial charge >= 0.3 is 6.09 Å². The summed E-state index contributed by atoms with van der Waals surface area (Å²) in [5, 5.41) is 16.7. The Balaban J connectivity index is 1.79. The summed E-state index contributed by atoms with van der Waals surface area (Å²) in [4.78, 5) is 34.5. The lowest BCUT2D eigenvalue weighted by atomic mass is 10.0. The third-order valence-electron chi connectivity index (χ3n) is 6.21. The van der Waals surface area contributed by atoms with Gasteiger partial charge in [-0.2, -0.15) is 0 Å². The van der Waals surface area contributed by atoms with Gasteiger partial charge in [-0.15, -0.1) is 11.3 Å². The van der Waals surface area contributed by atoms with E-state index in [2.05, 4.69) is 75.3 Å². The molecule has 3 N–H and O–H groups in total. The van der Waals surface area contributed by atoms with Crippen molar-refractivity contribution in [3.05, 3.63) is 33.5 Å². The van der Waals surface area contributed by atoms with E-state index in [-0.39, 0.29) is 17.0 Å². The van der Waals surface area contributed by atoms with Crippen molar-refractivity contribution in [3.8, 4) is 0 Å². The molecule has 0 radical (unpaired) electrons. The zero-order valence-electron chi connectivity index (χ0n) is 19.4. The predicted octanol–water partition coefficient (Wildman–Crippen LogP) is 4.79. The van der Waals surface area contributed by atoms with Crippen molar-refractivity contribution in [2.24, 2.45) is 0 Å². The van der Waals surface area contributed by atoms with Gasteiger partial charge in [0.25, 0.3) is 5.91 Å². The highest BCUT2D eigenvalue weighted by atomic mass is 79.9. The number of nitrogens with one attached hydrogen (secondary N) is 2. The molecular formula is C21H30BrN5O4SSi. The van der Waals surface area contributed by atoms with E-state index < -0.39 is 20.5 Å². The van der Waals surface area contributed by atoms with Crippen LogP contribution in [-0.2, 0) is 4.43 Å². The second-order valence-corrected chi connectivity index (χ2v) is 16.4. The van der Waals surface area contributed by atoms with Crippen LogP contribution in [0.3, 0.4) is 0 Å². The molecule has 0 bridgehead atoms. The van der Waals surface area contributed by atoms with Crippen LogP contribution in [0.1, 0.15) is 37.7 Å². The fourth-order valence-corrected chi connectivity index (χ4v) is 5.83. The highest BCUT2D eigenvalue weighted by molar-refractivity contribution is 9.11. The van der Waals surface area contributed by atoms with Crippen LogP contribution in [0.25, 0.3) is 0 Å². The molecule has 2 aromatic rings. The molecule has 3 rings (SSSR count). The summed E-state index contributed by atoms with van der Waals surface area (Å²) < 4.78 is 7.22. The molecular weight excluding hydrogens is 526 g/mol. The van der Waals surface area contributed by atoms with Crippen molar-refractivity contribution < 1.29 is 19.1 Å². The largest absolute Gasteiger partial charge is 0.465 e. The van der Waals surface area contributed by atoms with Crippen LogP contribution in [0.15, 0.2) is 27.8 Å². The molecule has 0 spiro atoms. The van der Waals surface area contributed by atoms with Crippen LogP contribution in [0, 0.1) is 0 Å². The second-order valence-electron chi connectivity index (χ2n) is 9.54. The Hall–Kier alpha value is -2.02. The number of rotatable bonds is 6. The van der Waals surface area contributed by atoms with Crippen LogP contribution in [-0.4, -0.2) is 60.6 Å². The molecule has 2 amide bonds. The first-order valence-electron chi connectivity index (χ1n) is 10.7. The standard InChI is InChI=1S/C21H30BrN5O4SSi/c1-21(2,3)33(4,5)31-17-7-9-27(11-14(17)26-20(29)30)16-6-8-23-10-13(16)24-18(28)15-12-32-19(22)25-15/h6,8,10,12,14,17,26H,7,9,11H2,1-5H3,(H,24,28)(H,29,30)/t14-,17-/m1/s1. The number of halogens is 1. The number of carbonyl (C=O) groups excluding carboxylic acids is 1. The fraction of sp³-hybridized carbons (Fsp3) is 0.524. The van der Waals surface area contributed by atoms with E-state index in [0.29, 0.717) is 34.8 Å². The fourth-order valence-electron chi connectivity index (χ4n) is 3.44. The van der Waals surface area contributed by atoms with E-state index in [4.69, 9.17) is 4.43 Å². The van der Waals surface area contributed by atoms with Crippen LogP contribution in [0.2, 0.25) is 18.1 Å². The Labute approximate surface area is 207 Å². The predicted molar refractivity (Wildman–Crippen MR) is 136 cm³/mol. The van der Waals surface area contributed by atoms with Gasteiger partial charge in [0, 0.05) is 24.7 Å². The number of carboxylic acid groups (broad SMARTS) is 1. The van der Waals surface area contributed by atoms with Crippen molar-refractivity contribution in [1.82, 2.24) is 15.3 Å². The molecule has 1 aliphatic heterocycles. The number of carbonyl (C=O) groups is 2. The summed E-state index contributed by atoms with van der Waals surface area (Å²) in [6, 6.07) is 1.41. The Bertz CT molecular complexity index is 1010. The number of amides is 2. The highest BCUT2D eigenvalue weighted by Crippen LogP contribution is 2.39. The minimum Gasteiger partial charge on any atom is -0.465 e. The molecule has 3 heterocycles. The first-order chi connectivity index (χ1) is 15.4. The monoisotopic (exact) mass is 555 g/mol. The molecule has 1 aliphatic rings. The maximum Gasteiger partial charge on any atom is 0.405 e. The van der Waals surface area contributed by atoms with Crippen LogP contribution in [0.5, 0.6) is 0 Å². The number of hydrogen-bond donors (Lipinski definition) is 3. The van der Waals surface area contributed by atoms with Gasteiger partial charge in [0.2, 0.25) is 0 Å². The molecule has 2 aromatic heterocycles. The normalized spacial score (nSPS) is 19.3. The summed E-state index contributed by atoms with van der Waals surface area (Å²) in [7, 11) is -2.08. The molecule has 180 valence electrons. The molecule has 0 aliphatic carbocycles. The number of hydrogen-bond acceptors (Lipinski definition) is 7. The summed E-state index contributed by atoms with van der Waals surface area (Å²) in [6.07, 6.45) is 2.61. The minimum atomic E-state index is -2.08. The van der Waals surface area contributed by atoms with E-state index in [1.165, 1.54) is 11.3 Å². The second kappa shape index (κ2) is 10.1. The van der Waals surface area contributed by atoms with Gasteiger partial charge in [0.15, 0.2) is 12.2 Å². The first kappa shape index (κ1) is 25.6. The summed E-state index contributed by atoms with van der Waals surface area (Å²) in [5.74, 6) is -0.331. The molecule has 12 heteroatoms. The average Bonchev–Trinajstić information content (AvgIpc) is 3.15. The van der Waals surface area contributed by atoms with E-state index in [1.54, 1.807) is 17.8 Å². The number of aromatic nitrogens is 2. The van der Waals surface area contributed by atoms with E-state index in [9.17, 15) is 14.7 Å². The molecule has 9 nitrogen and oxygen atoms in total. The summed E-state index contributed by atoms with van der Waals surface area (Å²) in [6.45, 7) is 11.9. The SMILES string of the molecule is CC(C)(C)[Si](C)(C)O[C@@H]1CCN(c2ccncc2NC(=O)c2csc(Br)n2)C[C@H]1NC(=O)O. The summed E-state index contributed by atoms with van der Waals surface area (Å²) in [5.41, 5.74) is 1.63. The van der Waals surface area contributed by atoms with Gasteiger partial charge in [-0.1, -0.05) is 20.8 Å². The third-order valence-corrected chi connectivity index (χ3v) is 12.1.